The van der Waals surface area contributed by atoms with Gasteiger partial charge in [-0.2, -0.15) is 0 Å². The van der Waals surface area contributed by atoms with Crippen LogP contribution in [-0.4, -0.2) is 49.1 Å². The molecule has 2 aromatic rings. The molecule has 0 saturated carbocycles. The number of esters is 1. The molecular formula is C33H47NO5. The molecule has 0 unspecified atom stereocenters. The minimum Gasteiger partial charge on any atom is -0.493 e. The molecule has 0 aromatic heterocycles. The molecule has 39 heavy (non-hydrogen) atoms. The van der Waals surface area contributed by atoms with E-state index in [4.69, 9.17) is 14.2 Å². The molecule has 0 aliphatic heterocycles. The largest absolute Gasteiger partial charge is 0.493 e. The minimum atomic E-state index is -0.619. The van der Waals surface area contributed by atoms with Crippen LogP contribution in [0.1, 0.15) is 82.2 Å². The summed E-state index contributed by atoms with van der Waals surface area (Å²) in [5, 5.41) is 14.3. The maximum absolute atomic E-state index is 11.7. The number of aliphatic hydroxyl groups is 1. The fourth-order valence-electron chi connectivity index (χ4n) is 5.40. The number of benzene rings is 2. The van der Waals surface area contributed by atoms with Gasteiger partial charge in [0.15, 0.2) is 0 Å². The van der Waals surface area contributed by atoms with E-state index < -0.39 is 6.10 Å². The Bertz CT molecular complexity index is 1050. The number of rotatable bonds is 16. The van der Waals surface area contributed by atoms with Gasteiger partial charge in [-0.05, 0) is 89.0 Å². The van der Waals surface area contributed by atoms with E-state index >= 15 is 0 Å². The van der Waals surface area contributed by atoms with E-state index in [2.05, 4.69) is 43.4 Å². The summed E-state index contributed by atoms with van der Waals surface area (Å²) in [4.78, 5) is 11.7. The van der Waals surface area contributed by atoms with Gasteiger partial charge in [0.2, 0.25) is 0 Å². The number of hydrogen-bond donors (Lipinski definition) is 2. The van der Waals surface area contributed by atoms with E-state index in [1.165, 1.54) is 11.1 Å². The normalized spacial score (nSPS) is 15.3. The van der Waals surface area contributed by atoms with Crippen molar-refractivity contribution in [1.29, 1.82) is 0 Å². The van der Waals surface area contributed by atoms with Crippen molar-refractivity contribution < 1.29 is 24.1 Å². The maximum atomic E-state index is 11.7. The molecule has 0 spiro atoms. The minimum absolute atomic E-state index is 0.0767. The van der Waals surface area contributed by atoms with Crippen LogP contribution in [0.5, 0.6) is 5.75 Å². The summed E-state index contributed by atoms with van der Waals surface area (Å²) in [6.07, 6.45) is 7.33. The average Bonchev–Trinajstić information content (AvgIpc) is 3.31. The molecule has 214 valence electrons. The molecule has 2 N–H and O–H groups in total. The van der Waals surface area contributed by atoms with Crippen LogP contribution in [-0.2, 0) is 27.1 Å². The van der Waals surface area contributed by atoms with Gasteiger partial charge in [-0.1, -0.05) is 48.6 Å². The molecule has 6 nitrogen and oxygen atoms in total. The van der Waals surface area contributed by atoms with Crippen molar-refractivity contribution >= 4 is 12.0 Å². The molecule has 0 fully saturated rings. The Morgan fingerprint density at radius 2 is 1.82 bits per heavy atom. The summed E-state index contributed by atoms with van der Waals surface area (Å²) in [7, 11) is 0. The van der Waals surface area contributed by atoms with E-state index in [9.17, 15) is 9.90 Å². The number of nitrogens with one attached hydrogen (secondary N) is 1. The number of hydrogen-bond acceptors (Lipinski definition) is 6. The molecule has 1 aliphatic rings. The van der Waals surface area contributed by atoms with Gasteiger partial charge >= 0.3 is 5.97 Å². The first-order valence-electron chi connectivity index (χ1n) is 14.4. The number of carbonyl (C=O) groups excluding carboxylic acids is 1. The first kappa shape index (κ1) is 30.9. The summed E-state index contributed by atoms with van der Waals surface area (Å²) in [6, 6.07) is 14.7. The molecule has 3 rings (SSSR count). The van der Waals surface area contributed by atoms with Crippen LogP contribution in [0.2, 0.25) is 0 Å². The number of carbonyl (C=O) groups is 1. The molecule has 1 aliphatic carbocycles. The molecule has 0 bridgehead atoms. The SMILES string of the molecule is CCOC(=O)CC/C=C/c1c(OCC)cccc1[C@@H](C)OC[C@H](O)CNC(C)(C)CC1Cc2ccccc2C1. The Morgan fingerprint density at radius 3 is 2.49 bits per heavy atom. The molecular weight excluding hydrogens is 490 g/mol. The van der Waals surface area contributed by atoms with Crippen LogP contribution >= 0.6 is 0 Å². The lowest BCUT2D eigenvalue weighted by Gasteiger charge is -2.31. The van der Waals surface area contributed by atoms with E-state index in [-0.39, 0.29) is 24.2 Å². The highest BCUT2D eigenvalue weighted by molar-refractivity contribution is 5.70. The van der Waals surface area contributed by atoms with E-state index in [1.54, 1.807) is 0 Å². The second kappa shape index (κ2) is 15.2. The Balaban J connectivity index is 1.51. The lowest BCUT2D eigenvalue weighted by Crippen LogP contribution is -2.45. The highest BCUT2D eigenvalue weighted by atomic mass is 16.5. The third-order valence-electron chi connectivity index (χ3n) is 7.23. The van der Waals surface area contributed by atoms with Crippen molar-refractivity contribution in [3.8, 4) is 5.75 Å². The average molecular weight is 538 g/mol. The molecule has 2 atom stereocenters. The van der Waals surface area contributed by atoms with Gasteiger partial charge in [-0.15, -0.1) is 0 Å². The van der Waals surface area contributed by atoms with Crippen molar-refractivity contribution in [3.63, 3.8) is 0 Å². The smallest absolute Gasteiger partial charge is 0.306 e. The Labute approximate surface area is 234 Å². The predicted octanol–water partition coefficient (Wildman–Crippen LogP) is 6.05. The lowest BCUT2D eigenvalue weighted by molar-refractivity contribution is -0.143. The van der Waals surface area contributed by atoms with Crippen molar-refractivity contribution in [2.24, 2.45) is 5.92 Å². The monoisotopic (exact) mass is 537 g/mol. The van der Waals surface area contributed by atoms with Gasteiger partial charge in [0.05, 0.1) is 32.0 Å². The van der Waals surface area contributed by atoms with E-state index in [0.717, 1.165) is 36.1 Å². The topological polar surface area (TPSA) is 77.0 Å². The van der Waals surface area contributed by atoms with Gasteiger partial charge < -0.3 is 24.6 Å². The molecule has 6 heteroatoms. The number of aliphatic hydroxyl groups excluding tert-OH is 1. The summed E-state index contributed by atoms with van der Waals surface area (Å²) >= 11 is 0. The summed E-state index contributed by atoms with van der Waals surface area (Å²) in [6.45, 7) is 11.8. The molecule has 0 saturated heterocycles. The van der Waals surface area contributed by atoms with E-state index in [1.807, 2.05) is 51.1 Å². The first-order valence-corrected chi connectivity index (χ1v) is 14.4. The van der Waals surface area contributed by atoms with Gasteiger partial charge in [0, 0.05) is 24.1 Å². The highest BCUT2D eigenvalue weighted by Gasteiger charge is 2.28. The Kier molecular flexibility index (Phi) is 12.0. The first-order chi connectivity index (χ1) is 18.7. The van der Waals surface area contributed by atoms with Crippen LogP contribution < -0.4 is 10.1 Å². The number of allylic oxidation sites excluding steroid dienone is 1. The molecule has 0 amide bonds. The molecule has 0 radical (unpaired) electrons. The highest BCUT2D eigenvalue weighted by Crippen LogP contribution is 2.32. The van der Waals surface area contributed by atoms with Crippen molar-refractivity contribution in [1.82, 2.24) is 5.32 Å². The van der Waals surface area contributed by atoms with Crippen LogP contribution in [0.15, 0.2) is 48.5 Å². The quantitative estimate of drug-likeness (QED) is 0.254. The van der Waals surface area contributed by atoms with Crippen molar-refractivity contribution in [2.45, 2.75) is 84.5 Å². The summed E-state index contributed by atoms with van der Waals surface area (Å²) in [5.74, 6) is 1.20. The number of ether oxygens (including phenoxy) is 3. The fourth-order valence-corrected chi connectivity index (χ4v) is 5.40. The van der Waals surface area contributed by atoms with Crippen molar-refractivity contribution in [2.75, 3.05) is 26.4 Å². The third kappa shape index (κ3) is 9.79. The number of fused-ring (bicyclic) bond motifs is 1. The lowest BCUT2D eigenvalue weighted by atomic mass is 9.88. The zero-order valence-electron chi connectivity index (χ0n) is 24.4. The maximum Gasteiger partial charge on any atom is 0.306 e. The van der Waals surface area contributed by atoms with Crippen LogP contribution in [0, 0.1) is 5.92 Å². The van der Waals surface area contributed by atoms with Crippen LogP contribution in [0.25, 0.3) is 6.08 Å². The molecule has 0 heterocycles. The van der Waals surface area contributed by atoms with E-state index in [0.29, 0.717) is 38.5 Å². The van der Waals surface area contributed by atoms with Crippen LogP contribution in [0.3, 0.4) is 0 Å². The third-order valence-corrected chi connectivity index (χ3v) is 7.23. The van der Waals surface area contributed by atoms with Gasteiger partial charge in [-0.3, -0.25) is 4.79 Å². The standard InChI is InChI=1S/C33H47NO5/c1-6-37-31-17-12-16-29(30(31)15-10-11-18-32(36)38-7-2)24(3)39-23-28(35)22-34-33(4,5)21-25-19-26-13-8-9-14-27(26)20-25/h8-10,12-17,24-25,28,34-35H,6-7,11,18-23H2,1-5H3/b15-10+/t24-,28-/m1/s1. The predicted molar refractivity (Wildman–Crippen MR) is 157 cm³/mol. The number of β-amino-alcohol motifs (C(OH)–C–C–N with tert-alkyl or cyclic N) is 1. The van der Waals surface area contributed by atoms with Crippen LogP contribution in [0.4, 0.5) is 0 Å². The molecule has 2 aromatic carbocycles. The van der Waals surface area contributed by atoms with Crippen molar-refractivity contribution in [3.05, 3.63) is 70.8 Å². The zero-order chi connectivity index (χ0) is 28.3. The second-order valence-electron chi connectivity index (χ2n) is 11.1. The summed E-state index contributed by atoms with van der Waals surface area (Å²) in [5.41, 5.74) is 4.79. The Hall–Kier alpha value is -2.67. The zero-order valence-corrected chi connectivity index (χ0v) is 24.4. The van der Waals surface area contributed by atoms with Gasteiger partial charge in [0.1, 0.15) is 5.75 Å². The summed E-state index contributed by atoms with van der Waals surface area (Å²) < 4.78 is 17.0. The second-order valence-corrected chi connectivity index (χ2v) is 11.1. The van der Waals surface area contributed by atoms with Gasteiger partial charge in [0.25, 0.3) is 0 Å². The van der Waals surface area contributed by atoms with Gasteiger partial charge in [-0.25, -0.2) is 0 Å². The Morgan fingerprint density at radius 1 is 1.10 bits per heavy atom. The fraction of sp³-hybridized carbons (Fsp3) is 0.545.